The second-order valence-corrected chi connectivity index (χ2v) is 5.06. The largest absolute Gasteiger partial charge is 0.397 e. The Morgan fingerprint density at radius 2 is 2.13 bits per heavy atom. The Hall–Kier alpha value is -0.490. The molecule has 0 fully saturated rings. The van der Waals surface area contributed by atoms with Gasteiger partial charge in [0.25, 0.3) is 0 Å². The molecule has 1 aromatic carbocycles. The maximum Gasteiger partial charge on any atom is 0.0574 e. The molecule has 0 atom stereocenters. The van der Waals surface area contributed by atoms with Crippen LogP contribution in [0.15, 0.2) is 18.2 Å². The van der Waals surface area contributed by atoms with Gasteiger partial charge in [0.1, 0.15) is 0 Å². The van der Waals surface area contributed by atoms with E-state index >= 15 is 0 Å². The van der Waals surface area contributed by atoms with Gasteiger partial charge in [-0.15, -0.1) is 0 Å². The van der Waals surface area contributed by atoms with Crippen LogP contribution in [0.25, 0.3) is 0 Å². The molecule has 0 amide bonds. The lowest BCUT2D eigenvalue weighted by Crippen LogP contribution is -2.16. The predicted octanol–water partition coefficient (Wildman–Crippen LogP) is 2.24. The van der Waals surface area contributed by atoms with Crippen LogP contribution in [0.1, 0.15) is 6.42 Å². The fourth-order valence-corrected chi connectivity index (χ4v) is 1.83. The molecule has 0 saturated heterocycles. The highest BCUT2D eigenvalue weighted by Gasteiger charge is 1.98. The minimum Gasteiger partial charge on any atom is -0.397 e. The molecule has 0 aromatic heterocycles. The van der Waals surface area contributed by atoms with Gasteiger partial charge in [0.2, 0.25) is 0 Å². The van der Waals surface area contributed by atoms with Crippen LogP contribution in [0.4, 0.5) is 11.4 Å². The van der Waals surface area contributed by atoms with Crippen LogP contribution in [-0.2, 0) is 0 Å². The zero-order valence-electron chi connectivity index (χ0n) is 9.26. The third kappa shape index (κ3) is 4.70. The third-order valence-corrected chi connectivity index (χ3v) is 2.78. The fourth-order valence-electron chi connectivity index (χ4n) is 1.31. The van der Waals surface area contributed by atoms with E-state index in [-0.39, 0.29) is 0 Å². The fraction of sp³-hybridized carbons (Fsp3) is 0.455. The van der Waals surface area contributed by atoms with E-state index in [1.807, 2.05) is 12.1 Å². The lowest BCUT2D eigenvalue weighted by atomic mass is 10.2. The van der Waals surface area contributed by atoms with Crippen LogP contribution in [0.2, 0.25) is 0 Å². The second kappa shape index (κ2) is 6.17. The van der Waals surface area contributed by atoms with Gasteiger partial charge in [-0.25, -0.2) is 0 Å². The highest BCUT2D eigenvalue weighted by atomic mass is 127. The summed E-state index contributed by atoms with van der Waals surface area (Å²) in [6.45, 7) is 2.06. The summed E-state index contributed by atoms with van der Waals surface area (Å²) in [6, 6.07) is 6.08. The maximum atomic E-state index is 5.89. The molecule has 0 radical (unpaired) electrons. The van der Waals surface area contributed by atoms with Gasteiger partial charge in [0.05, 0.1) is 11.4 Å². The smallest absolute Gasteiger partial charge is 0.0574 e. The minimum atomic E-state index is 0.826. The van der Waals surface area contributed by atoms with Crippen molar-refractivity contribution in [2.75, 3.05) is 38.2 Å². The molecule has 0 aliphatic carbocycles. The molecule has 84 valence electrons. The lowest BCUT2D eigenvalue weighted by molar-refractivity contribution is 0.405. The zero-order chi connectivity index (χ0) is 11.3. The molecule has 0 aliphatic rings. The second-order valence-electron chi connectivity index (χ2n) is 3.82. The van der Waals surface area contributed by atoms with Crippen molar-refractivity contribution in [1.82, 2.24) is 4.90 Å². The van der Waals surface area contributed by atoms with Gasteiger partial charge >= 0.3 is 0 Å². The third-order valence-electron chi connectivity index (χ3n) is 2.11. The highest BCUT2D eigenvalue weighted by Crippen LogP contribution is 2.20. The molecule has 4 heteroatoms. The molecule has 15 heavy (non-hydrogen) atoms. The van der Waals surface area contributed by atoms with E-state index in [1.54, 1.807) is 0 Å². The molecule has 0 bridgehead atoms. The summed E-state index contributed by atoms with van der Waals surface area (Å²) in [6.07, 6.45) is 1.12. The number of hydrogen-bond acceptors (Lipinski definition) is 3. The summed E-state index contributed by atoms with van der Waals surface area (Å²) in [7, 11) is 4.17. The number of rotatable bonds is 5. The van der Waals surface area contributed by atoms with Crippen molar-refractivity contribution in [2.45, 2.75) is 6.42 Å². The van der Waals surface area contributed by atoms with Crippen LogP contribution in [0.3, 0.4) is 0 Å². The van der Waals surface area contributed by atoms with E-state index in [9.17, 15) is 0 Å². The Kier molecular flexibility index (Phi) is 5.17. The molecular formula is C11H18IN3. The molecule has 3 N–H and O–H groups in total. The van der Waals surface area contributed by atoms with E-state index in [2.05, 4.69) is 53.0 Å². The summed E-state index contributed by atoms with van der Waals surface area (Å²) in [5.41, 5.74) is 7.75. The Labute approximate surface area is 105 Å². The van der Waals surface area contributed by atoms with Crippen LogP contribution in [0, 0.1) is 3.57 Å². The first kappa shape index (κ1) is 12.6. The molecule has 0 aliphatic heterocycles. The zero-order valence-corrected chi connectivity index (χ0v) is 11.4. The van der Waals surface area contributed by atoms with Crippen molar-refractivity contribution in [3.8, 4) is 0 Å². The lowest BCUT2D eigenvalue weighted by Gasteiger charge is -2.12. The molecule has 1 rings (SSSR count). The van der Waals surface area contributed by atoms with Gasteiger partial charge in [0, 0.05) is 10.1 Å². The van der Waals surface area contributed by atoms with Crippen molar-refractivity contribution in [3.05, 3.63) is 21.8 Å². The molecule has 0 saturated carbocycles. The van der Waals surface area contributed by atoms with Gasteiger partial charge in [-0.2, -0.15) is 0 Å². The van der Waals surface area contributed by atoms with Crippen LogP contribution in [0.5, 0.6) is 0 Å². The van der Waals surface area contributed by atoms with Crippen molar-refractivity contribution in [1.29, 1.82) is 0 Å². The topological polar surface area (TPSA) is 41.3 Å². The van der Waals surface area contributed by atoms with E-state index in [4.69, 9.17) is 5.73 Å². The van der Waals surface area contributed by atoms with Crippen molar-refractivity contribution < 1.29 is 0 Å². The molecule has 0 spiro atoms. The van der Waals surface area contributed by atoms with Crippen molar-refractivity contribution >= 4 is 34.0 Å². The Morgan fingerprint density at radius 3 is 2.73 bits per heavy atom. The number of nitrogens with zero attached hydrogens (tertiary/aromatic N) is 1. The van der Waals surface area contributed by atoms with E-state index in [0.717, 1.165) is 30.9 Å². The molecule has 3 nitrogen and oxygen atoms in total. The Morgan fingerprint density at radius 1 is 1.40 bits per heavy atom. The number of nitrogens with one attached hydrogen (secondary N) is 1. The molecule has 0 unspecified atom stereocenters. The number of nitrogen functional groups attached to an aromatic ring is 1. The van der Waals surface area contributed by atoms with Gasteiger partial charge in [0.15, 0.2) is 0 Å². The average molecular weight is 319 g/mol. The van der Waals surface area contributed by atoms with Crippen molar-refractivity contribution in [3.63, 3.8) is 0 Å². The number of halogens is 1. The molecule has 1 aromatic rings. The monoisotopic (exact) mass is 319 g/mol. The standard InChI is InChI=1S/C11H18IN3/c1-15(2)7-3-6-14-11-5-4-9(12)8-10(11)13/h4-5,8,14H,3,6-7,13H2,1-2H3. The van der Waals surface area contributed by atoms with E-state index < -0.39 is 0 Å². The first-order valence-electron chi connectivity index (χ1n) is 5.03. The summed E-state index contributed by atoms with van der Waals surface area (Å²) >= 11 is 2.26. The van der Waals surface area contributed by atoms with E-state index in [1.165, 1.54) is 3.57 Å². The summed E-state index contributed by atoms with van der Waals surface area (Å²) in [5, 5.41) is 3.34. The first-order valence-corrected chi connectivity index (χ1v) is 6.11. The van der Waals surface area contributed by atoms with Gasteiger partial charge in [-0.3, -0.25) is 0 Å². The molecule has 0 heterocycles. The van der Waals surface area contributed by atoms with Crippen LogP contribution in [-0.4, -0.2) is 32.1 Å². The summed E-state index contributed by atoms with van der Waals surface area (Å²) in [5.74, 6) is 0. The average Bonchev–Trinajstić information content (AvgIpc) is 2.14. The van der Waals surface area contributed by atoms with E-state index in [0.29, 0.717) is 0 Å². The van der Waals surface area contributed by atoms with Crippen molar-refractivity contribution in [2.24, 2.45) is 0 Å². The Balaban J connectivity index is 2.37. The van der Waals surface area contributed by atoms with Gasteiger partial charge in [-0.1, -0.05) is 0 Å². The predicted molar refractivity (Wildman–Crippen MR) is 75.2 cm³/mol. The minimum absolute atomic E-state index is 0.826. The number of anilines is 2. The quantitative estimate of drug-likeness (QED) is 0.497. The van der Waals surface area contributed by atoms with Gasteiger partial charge in [-0.05, 0) is 67.9 Å². The molecular weight excluding hydrogens is 301 g/mol. The highest BCUT2D eigenvalue weighted by molar-refractivity contribution is 14.1. The van der Waals surface area contributed by atoms with Crippen LogP contribution < -0.4 is 11.1 Å². The summed E-state index contributed by atoms with van der Waals surface area (Å²) < 4.78 is 1.17. The van der Waals surface area contributed by atoms with Gasteiger partial charge < -0.3 is 16.0 Å². The Bertz CT molecular complexity index is 313. The SMILES string of the molecule is CN(C)CCCNc1ccc(I)cc1N. The number of nitrogens with two attached hydrogens (primary N) is 1. The number of hydrogen-bond donors (Lipinski definition) is 2. The van der Waals surface area contributed by atoms with Crippen LogP contribution >= 0.6 is 22.6 Å². The maximum absolute atomic E-state index is 5.89. The summed E-state index contributed by atoms with van der Waals surface area (Å²) in [4.78, 5) is 2.18. The number of benzene rings is 1. The normalized spacial score (nSPS) is 10.7. The first-order chi connectivity index (χ1) is 7.09.